The Hall–Kier alpha value is -0.640. The first-order valence-corrected chi connectivity index (χ1v) is 7.41. The first-order chi connectivity index (χ1) is 8.24. The molecule has 0 aliphatic carbocycles. The summed E-state index contributed by atoms with van der Waals surface area (Å²) in [4.78, 5) is 1.37. The summed E-state index contributed by atoms with van der Waals surface area (Å²) in [5, 5.41) is 5.67. The fourth-order valence-electron chi connectivity index (χ4n) is 1.76. The lowest BCUT2D eigenvalue weighted by atomic mass is 10.1. The maximum atomic E-state index is 3.55. The number of nitrogens with one attached hydrogen (secondary N) is 1. The van der Waals surface area contributed by atoms with Crippen LogP contribution in [0.25, 0.3) is 0 Å². The van der Waals surface area contributed by atoms with Crippen molar-refractivity contribution in [2.24, 2.45) is 0 Å². The molecule has 3 heteroatoms. The zero-order valence-corrected chi connectivity index (χ0v) is 12.2. The summed E-state index contributed by atoms with van der Waals surface area (Å²) >= 11 is 5.26. The molecular formula is C14H16BrNS. The second kappa shape index (κ2) is 6.34. The van der Waals surface area contributed by atoms with Crippen LogP contribution < -0.4 is 5.32 Å². The van der Waals surface area contributed by atoms with Gasteiger partial charge in [0.1, 0.15) is 0 Å². The minimum atomic E-state index is 0.498. The van der Waals surface area contributed by atoms with Gasteiger partial charge in [-0.1, -0.05) is 30.3 Å². The Labute approximate surface area is 115 Å². The molecule has 0 amide bonds. The van der Waals surface area contributed by atoms with Crippen molar-refractivity contribution in [3.8, 4) is 0 Å². The van der Waals surface area contributed by atoms with Gasteiger partial charge in [0.05, 0.1) is 0 Å². The van der Waals surface area contributed by atoms with Crippen LogP contribution in [-0.2, 0) is 13.0 Å². The fraction of sp³-hybridized carbons (Fsp3) is 0.286. The molecule has 1 atom stereocenters. The zero-order chi connectivity index (χ0) is 12.1. The quantitative estimate of drug-likeness (QED) is 0.871. The first kappa shape index (κ1) is 12.8. The van der Waals surface area contributed by atoms with E-state index in [4.69, 9.17) is 0 Å². The lowest BCUT2D eigenvalue weighted by molar-refractivity contribution is 0.549. The third-order valence-electron chi connectivity index (χ3n) is 2.63. The van der Waals surface area contributed by atoms with Gasteiger partial charge in [-0.2, -0.15) is 0 Å². The van der Waals surface area contributed by atoms with Crippen molar-refractivity contribution in [2.75, 3.05) is 0 Å². The van der Waals surface area contributed by atoms with Gasteiger partial charge in [-0.15, -0.1) is 11.3 Å². The van der Waals surface area contributed by atoms with E-state index in [-0.39, 0.29) is 0 Å². The molecule has 0 saturated carbocycles. The number of rotatable bonds is 5. The summed E-state index contributed by atoms with van der Waals surface area (Å²) in [7, 11) is 0. The zero-order valence-electron chi connectivity index (χ0n) is 9.82. The normalized spacial score (nSPS) is 12.6. The molecule has 90 valence electrons. The molecule has 2 aromatic rings. The molecule has 0 fully saturated rings. The molecule has 2 rings (SSSR count). The Balaban J connectivity index is 1.80. The van der Waals surface area contributed by atoms with E-state index in [1.165, 1.54) is 14.9 Å². The Morgan fingerprint density at radius 2 is 2.06 bits per heavy atom. The van der Waals surface area contributed by atoms with Crippen LogP contribution in [0.5, 0.6) is 0 Å². The van der Waals surface area contributed by atoms with Gasteiger partial charge < -0.3 is 5.32 Å². The van der Waals surface area contributed by atoms with E-state index in [0.717, 1.165) is 13.0 Å². The van der Waals surface area contributed by atoms with E-state index in [9.17, 15) is 0 Å². The molecule has 0 spiro atoms. The molecule has 1 unspecified atom stereocenters. The highest BCUT2D eigenvalue weighted by atomic mass is 79.9. The average molecular weight is 310 g/mol. The minimum absolute atomic E-state index is 0.498. The van der Waals surface area contributed by atoms with Crippen molar-refractivity contribution < 1.29 is 0 Å². The molecule has 1 aromatic heterocycles. The van der Waals surface area contributed by atoms with Crippen LogP contribution in [0, 0.1) is 0 Å². The number of thiophene rings is 1. The highest BCUT2D eigenvalue weighted by Crippen LogP contribution is 2.19. The molecule has 0 aliphatic heterocycles. The van der Waals surface area contributed by atoms with Crippen molar-refractivity contribution >= 4 is 27.3 Å². The number of hydrogen-bond donors (Lipinski definition) is 1. The van der Waals surface area contributed by atoms with E-state index in [1.807, 2.05) is 0 Å². The van der Waals surface area contributed by atoms with Crippen molar-refractivity contribution in [1.82, 2.24) is 5.32 Å². The summed E-state index contributed by atoms with van der Waals surface area (Å²) in [5.41, 5.74) is 1.39. The van der Waals surface area contributed by atoms with Gasteiger partial charge in [-0.25, -0.2) is 0 Å². The van der Waals surface area contributed by atoms with E-state index in [1.54, 1.807) is 11.3 Å². The van der Waals surface area contributed by atoms with E-state index in [2.05, 4.69) is 69.9 Å². The van der Waals surface area contributed by atoms with Gasteiger partial charge in [0, 0.05) is 27.3 Å². The minimum Gasteiger partial charge on any atom is -0.309 e. The number of halogens is 1. The third-order valence-corrected chi connectivity index (χ3v) is 4.33. The highest BCUT2D eigenvalue weighted by molar-refractivity contribution is 9.10. The maximum absolute atomic E-state index is 3.55. The van der Waals surface area contributed by atoms with Gasteiger partial charge in [-0.05, 0) is 40.9 Å². The van der Waals surface area contributed by atoms with Gasteiger partial charge in [-0.3, -0.25) is 0 Å². The maximum Gasteiger partial charge on any atom is 0.0302 e. The molecule has 0 bridgehead atoms. The van der Waals surface area contributed by atoms with Gasteiger partial charge in [0.2, 0.25) is 0 Å². The molecule has 0 aliphatic rings. The summed E-state index contributed by atoms with van der Waals surface area (Å²) in [6.07, 6.45) is 1.08. The third kappa shape index (κ3) is 4.26. The van der Waals surface area contributed by atoms with Crippen LogP contribution in [-0.4, -0.2) is 6.04 Å². The predicted molar refractivity (Wildman–Crippen MR) is 78.5 cm³/mol. The van der Waals surface area contributed by atoms with Crippen molar-refractivity contribution in [3.05, 3.63) is 56.7 Å². The molecular weight excluding hydrogens is 294 g/mol. The van der Waals surface area contributed by atoms with E-state index in [0.29, 0.717) is 6.04 Å². The predicted octanol–water partition coefficient (Wildman–Crippen LogP) is 4.23. The van der Waals surface area contributed by atoms with Crippen LogP contribution in [0.3, 0.4) is 0 Å². The summed E-state index contributed by atoms with van der Waals surface area (Å²) < 4.78 is 1.18. The van der Waals surface area contributed by atoms with E-state index >= 15 is 0 Å². The summed E-state index contributed by atoms with van der Waals surface area (Å²) in [5.74, 6) is 0. The Kier molecular flexibility index (Phi) is 4.77. The van der Waals surface area contributed by atoms with Gasteiger partial charge in [0.15, 0.2) is 0 Å². The molecule has 0 radical (unpaired) electrons. The van der Waals surface area contributed by atoms with Crippen LogP contribution in [0.15, 0.2) is 46.3 Å². The van der Waals surface area contributed by atoms with Crippen LogP contribution in [0.4, 0.5) is 0 Å². The second-order valence-corrected chi connectivity index (χ2v) is 6.11. The lowest BCUT2D eigenvalue weighted by Crippen LogP contribution is -2.27. The van der Waals surface area contributed by atoms with Crippen LogP contribution >= 0.6 is 27.3 Å². The number of hydrogen-bond acceptors (Lipinski definition) is 2. The first-order valence-electron chi connectivity index (χ1n) is 5.74. The summed E-state index contributed by atoms with van der Waals surface area (Å²) in [6.45, 7) is 3.18. The van der Waals surface area contributed by atoms with E-state index < -0.39 is 0 Å². The molecule has 1 N–H and O–H groups in total. The molecule has 1 nitrogen and oxygen atoms in total. The molecule has 1 aromatic carbocycles. The fourth-order valence-corrected chi connectivity index (χ4v) is 3.16. The SMILES string of the molecule is CC(Cc1ccccc1)NCc1cc(Br)cs1. The topological polar surface area (TPSA) is 12.0 Å². The van der Waals surface area contributed by atoms with Crippen molar-refractivity contribution in [2.45, 2.75) is 25.9 Å². The second-order valence-electron chi connectivity index (χ2n) is 4.20. The molecule has 17 heavy (non-hydrogen) atoms. The Morgan fingerprint density at radius 1 is 1.29 bits per heavy atom. The molecule has 0 saturated heterocycles. The average Bonchev–Trinajstić information content (AvgIpc) is 2.74. The molecule has 1 heterocycles. The highest BCUT2D eigenvalue weighted by Gasteiger charge is 2.04. The van der Waals surface area contributed by atoms with Gasteiger partial charge in [0.25, 0.3) is 0 Å². The Bertz CT molecular complexity index is 452. The monoisotopic (exact) mass is 309 g/mol. The Morgan fingerprint density at radius 3 is 2.71 bits per heavy atom. The van der Waals surface area contributed by atoms with Crippen molar-refractivity contribution in [3.63, 3.8) is 0 Å². The van der Waals surface area contributed by atoms with Gasteiger partial charge >= 0.3 is 0 Å². The van der Waals surface area contributed by atoms with Crippen molar-refractivity contribution in [1.29, 1.82) is 0 Å². The standard InChI is InChI=1S/C14H16BrNS/c1-11(7-12-5-3-2-4-6-12)16-9-14-8-13(15)10-17-14/h2-6,8,10-11,16H,7,9H2,1H3. The lowest BCUT2D eigenvalue weighted by Gasteiger charge is -2.13. The smallest absolute Gasteiger partial charge is 0.0302 e. The largest absolute Gasteiger partial charge is 0.309 e. The summed E-state index contributed by atoms with van der Waals surface area (Å²) in [6, 6.07) is 13.3. The van der Waals surface area contributed by atoms with Crippen LogP contribution in [0.1, 0.15) is 17.4 Å². The van der Waals surface area contributed by atoms with Crippen LogP contribution in [0.2, 0.25) is 0 Å². The number of benzene rings is 1.